The predicted octanol–water partition coefficient (Wildman–Crippen LogP) is 0.964. The zero-order chi connectivity index (χ0) is 13.8. The summed E-state index contributed by atoms with van der Waals surface area (Å²) in [6, 6.07) is 0.315. The number of rotatable bonds is 5. The van der Waals surface area contributed by atoms with Crippen molar-refractivity contribution in [3.8, 4) is 0 Å². The van der Waals surface area contributed by atoms with Crippen LogP contribution < -0.4 is 5.32 Å². The van der Waals surface area contributed by atoms with E-state index in [0.717, 1.165) is 32.7 Å². The fraction of sp³-hybridized carbons (Fsp3) is 0.786. The van der Waals surface area contributed by atoms with Gasteiger partial charge in [-0.15, -0.1) is 0 Å². The van der Waals surface area contributed by atoms with E-state index in [4.69, 9.17) is 4.74 Å². The van der Waals surface area contributed by atoms with Gasteiger partial charge in [0.2, 0.25) is 0 Å². The Hall–Kier alpha value is -0.910. The van der Waals surface area contributed by atoms with E-state index < -0.39 is 0 Å². The van der Waals surface area contributed by atoms with E-state index in [-0.39, 0.29) is 6.10 Å². The first kappa shape index (κ1) is 14.5. The lowest BCUT2D eigenvalue weighted by molar-refractivity contribution is -0.0689. The molecule has 1 fully saturated rings. The molecule has 2 unspecified atom stereocenters. The normalized spacial score (nSPS) is 24.8. The quantitative estimate of drug-likeness (QED) is 0.862. The van der Waals surface area contributed by atoms with Gasteiger partial charge >= 0.3 is 0 Å². The maximum Gasteiger partial charge on any atom is 0.0897 e. The molecule has 5 heteroatoms. The molecule has 2 heterocycles. The van der Waals surface area contributed by atoms with Crippen LogP contribution in [-0.2, 0) is 18.2 Å². The van der Waals surface area contributed by atoms with Crippen LogP contribution in [-0.4, -0.2) is 54.1 Å². The Balaban J connectivity index is 2.33. The average molecular weight is 266 g/mol. The number of hydrogen-bond acceptors (Lipinski definition) is 4. The molecular formula is C14H26N4O. The fourth-order valence-electron chi connectivity index (χ4n) is 2.98. The second-order valence-corrected chi connectivity index (χ2v) is 5.10. The van der Waals surface area contributed by atoms with Crippen LogP contribution in [0.3, 0.4) is 0 Å². The lowest BCUT2D eigenvalue weighted by Gasteiger charge is -2.40. The van der Waals surface area contributed by atoms with E-state index in [2.05, 4.69) is 35.4 Å². The molecule has 1 N–H and O–H groups in total. The molecule has 0 aliphatic carbocycles. The summed E-state index contributed by atoms with van der Waals surface area (Å²) >= 11 is 0. The van der Waals surface area contributed by atoms with E-state index in [1.807, 2.05) is 18.8 Å². The Labute approximate surface area is 115 Å². The zero-order valence-corrected chi connectivity index (χ0v) is 12.5. The van der Waals surface area contributed by atoms with Gasteiger partial charge in [0.05, 0.1) is 24.4 Å². The summed E-state index contributed by atoms with van der Waals surface area (Å²) < 4.78 is 7.91. The molecule has 108 valence electrons. The van der Waals surface area contributed by atoms with Crippen molar-refractivity contribution in [1.82, 2.24) is 20.0 Å². The molecule has 1 aromatic heterocycles. The molecule has 0 aromatic carbocycles. The summed E-state index contributed by atoms with van der Waals surface area (Å²) in [5.41, 5.74) is 2.52. The summed E-state index contributed by atoms with van der Waals surface area (Å²) in [5, 5.41) is 7.83. The van der Waals surface area contributed by atoms with E-state index in [9.17, 15) is 0 Å². The topological polar surface area (TPSA) is 42.3 Å². The molecule has 2 atom stereocenters. The third-order valence-corrected chi connectivity index (χ3v) is 3.86. The van der Waals surface area contributed by atoms with E-state index in [0.29, 0.717) is 6.04 Å². The molecular weight excluding hydrogens is 240 g/mol. The van der Waals surface area contributed by atoms with Crippen LogP contribution in [0.25, 0.3) is 0 Å². The van der Waals surface area contributed by atoms with E-state index >= 15 is 0 Å². The maximum absolute atomic E-state index is 5.99. The molecule has 5 nitrogen and oxygen atoms in total. The van der Waals surface area contributed by atoms with Gasteiger partial charge in [-0.25, -0.2) is 0 Å². The van der Waals surface area contributed by atoms with Crippen molar-refractivity contribution in [2.24, 2.45) is 7.05 Å². The second-order valence-electron chi connectivity index (χ2n) is 5.10. The van der Waals surface area contributed by atoms with Gasteiger partial charge in [0.1, 0.15) is 0 Å². The minimum Gasteiger partial charge on any atom is -0.374 e. The van der Waals surface area contributed by atoms with Crippen LogP contribution in [0.15, 0.2) is 6.20 Å². The first-order valence-electron chi connectivity index (χ1n) is 7.23. The molecule has 1 saturated heterocycles. The minimum absolute atomic E-state index is 0.202. The second kappa shape index (κ2) is 6.50. The van der Waals surface area contributed by atoms with Gasteiger partial charge in [-0.1, -0.05) is 13.8 Å². The Bertz CT molecular complexity index is 402. The molecule has 1 aliphatic heterocycles. The standard InChI is InChI=1S/C14H26N4O/c1-5-12-11(10-17(4)16-12)14-13(9-15-3)19-8-7-18(14)6-2/h10,13-15H,5-9H2,1-4H3. The third-order valence-electron chi connectivity index (χ3n) is 3.86. The van der Waals surface area contributed by atoms with Gasteiger partial charge in [0.25, 0.3) is 0 Å². The number of aromatic nitrogens is 2. The number of morpholine rings is 1. The summed E-state index contributed by atoms with van der Waals surface area (Å²) in [5.74, 6) is 0. The Morgan fingerprint density at radius 2 is 2.26 bits per heavy atom. The Morgan fingerprint density at radius 1 is 1.47 bits per heavy atom. The van der Waals surface area contributed by atoms with Crippen LogP contribution >= 0.6 is 0 Å². The van der Waals surface area contributed by atoms with Crippen molar-refractivity contribution in [1.29, 1.82) is 0 Å². The van der Waals surface area contributed by atoms with Crippen molar-refractivity contribution in [3.63, 3.8) is 0 Å². The van der Waals surface area contributed by atoms with Gasteiger partial charge in [0, 0.05) is 31.9 Å². The number of nitrogens with zero attached hydrogens (tertiary/aromatic N) is 3. The molecule has 1 aliphatic rings. The lowest BCUT2D eigenvalue weighted by atomic mass is 9.97. The highest BCUT2D eigenvalue weighted by Crippen LogP contribution is 2.31. The first-order valence-corrected chi connectivity index (χ1v) is 7.23. The third kappa shape index (κ3) is 2.99. The number of ether oxygens (including phenoxy) is 1. The number of likely N-dealkylation sites (N-methyl/N-ethyl adjacent to an activating group) is 2. The molecule has 0 spiro atoms. The Kier molecular flexibility index (Phi) is 4.96. The fourth-order valence-corrected chi connectivity index (χ4v) is 2.98. The first-order chi connectivity index (χ1) is 9.21. The summed E-state index contributed by atoms with van der Waals surface area (Å²) in [6.45, 7) is 8.12. The van der Waals surface area contributed by atoms with Crippen molar-refractivity contribution < 1.29 is 4.74 Å². The maximum atomic E-state index is 5.99. The van der Waals surface area contributed by atoms with Gasteiger partial charge < -0.3 is 10.1 Å². The van der Waals surface area contributed by atoms with Gasteiger partial charge in [-0.3, -0.25) is 9.58 Å². The van der Waals surface area contributed by atoms with Crippen LogP contribution in [0.5, 0.6) is 0 Å². The average Bonchev–Trinajstić information content (AvgIpc) is 2.79. The van der Waals surface area contributed by atoms with E-state index in [1.54, 1.807) is 0 Å². The lowest BCUT2D eigenvalue weighted by Crippen LogP contribution is -2.48. The van der Waals surface area contributed by atoms with Crippen LogP contribution in [0.4, 0.5) is 0 Å². The molecule has 0 radical (unpaired) electrons. The monoisotopic (exact) mass is 266 g/mol. The van der Waals surface area contributed by atoms with Gasteiger partial charge in [-0.05, 0) is 20.0 Å². The van der Waals surface area contributed by atoms with Crippen molar-refractivity contribution in [2.75, 3.05) is 33.3 Å². The van der Waals surface area contributed by atoms with Crippen molar-refractivity contribution in [2.45, 2.75) is 32.4 Å². The predicted molar refractivity (Wildman–Crippen MR) is 76.2 cm³/mol. The SMILES string of the molecule is CCc1nn(C)cc1C1C(CNC)OCCN1CC. The van der Waals surface area contributed by atoms with E-state index in [1.165, 1.54) is 11.3 Å². The molecule has 19 heavy (non-hydrogen) atoms. The highest BCUT2D eigenvalue weighted by molar-refractivity contribution is 5.23. The van der Waals surface area contributed by atoms with Gasteiger partial charge in [-0.2, -0.15) is 5.10 Å². The van der Waals surface area contributed by atoms with Crippen LogP contribution in [0.1, 0.15) is 31.1 Å². The number of nitrogens with one attached hydrogen (secondary N) is 1. The molecule has 0 amide bonds. The van der Waals surface area contributed by atoms with Crippen LogP contribution in [0, 0.1) is 0 Å². The number of hydrogen-bond donors (Lipinski definition) is 1. The Morgan fingerprint density at radius 3 is 2.89 bits per heavy atom. The summed E-state index contributed by atoms with van der Waals surface area (Å²) in [6.07, 6.45) is 3.33. The van der Waals surface area contributed by atoms with Crippen molar-refractivity contribution in [3.05, 3.63) is 17.5 Å². The zero-order valence-electron chi connectivity index (χ0n) is 12.5. The van der Waals surface area contributed by atoms with Gasteiger partial charge in [0.15, 0.2) is 0 Å². The summed E-state index contributed by atoms with van der Waals surface area (Å²) in [4.78, 5) is 2.50. The highest BCUT2D eigenvalue weighted by Gasteiger charge is 2.34. The smallest absolute Gasteiger partial charge is 0.0897 e. The molecule has 1 aromatic rings. The number of aryl methyl sites for hydroxylation is 2. The molecule has 0 bridgehead atoms. The summed E-state index contributed by atoms with van der Waals surface area (Å²) in [7, 11) is 3.98. The van der Waals surface area contributed by atoms with Crippen LogP contribution in [0.2, 0.25) is 0 Å². The highest BCUT2D eigenvalue weighted by atomic mass is 16.5. The molecule has 0 saturated carbocycles. The molecule has 2 rings (SSSR count). The van der Waals surface area contributed by atoms with Crippen molar-refractivity contribution >= 4 is 0 Å². The largest absolute Gasteiger partial charge is 0.374 e. The minimum atomic E-state index is 0.202.